The summed E-state index contributed by atoms with van der Waals surface area (Å²) in [7, 11) is 0. The van der Waals surface area contributed by atoms with Gasteiger partial charge in [0, 0.05) is 0 Å². The molecular formula is C11H18O4. The molecule has 0 aromatic heterocycles. The molecule has 1 N–H and O–H groups in total. The molecule has 86 valence electrons. The molecular weight excluding hydrogens is 196 g/mol. The molecule has 0 spiro atoms. The molecule has 4 heteroatoms. The average molecular weight is 214 g/mol. The van der Waals surface area contributed by atoms with Gasteiger partial charge in [0.05, 0.1) is 6.42 Å². The molecule has 0 unspecified atom stereocenters. The highest BCUT2D eigenvalue weighted by molar-refractivity contribution is 5.67. The van der Waals surface area contributed by atoms with Gasteiger partial charge in [-0.2, -0.15) is 0 Å². The molecule has 0 bridgehead atoms. The van der Waals surface area contributed by atoms with Gasteiger partial charge in [-0.05, 0) is 6.42 Å². The summed E-state index contributed by atoms with van der Waals surface area (Å²) in [5.41, 5.74) is 0. The van der Waals surface area contributed by atoms with Crippen molar-refractivity contribution < 1.29 is 19.7 Å². The van der Waals surface area contributed by atoms with Crippen molar-refractivity contribution in [1.29, 1.82) is 0 Å². The fourth-order valence-corrected chi connectivity index (χ4v) is 1.47. The number of unbranched alkanes of at least 4 members (excludes halogenated alkanes) is 2. The Balaban J connectivity index is 2.22. The minimum Gasteiger partial charge on any atom is -0.481 e. The Kier molecular flexibility index (Phi) is 5.36. The lowest BCUT2D eigenvalue weighted by Gasteiger charge is -2.21. The molecule has 0 amide bonds. The standard InChI is InChI=1S/C11H18O4/c1-2-3-4-5-9-6-7-10(15-14-9)8-11(12)13/h6-7,9-10H,2-5,8H2,1H3,(H,12,13)/t9-,10-/m0/s1. The number of aliphatic carboxylic acids is 1. The van der Waals surface area contributed by atoms with Crippen molar-refractivity contribution in [3.8, 4) is 0 Å². The van der Waals surface area contributed by atoms with Crippen molar-refractivity contribution in [3.05, 3.63) is 12.2 Å². The zero-order valence-corrected chi connectivity index (χ0v) is 9.02. The van der Waals surface area contributed by atoms with E-state index < -0.39 is 12.1 Å². The third kappa shape index (κ3) is 4.95. The van der Waals surface area contributed by atoms with E-state index in [1.165, 1.54) is 12.8 Å². The summed E-state index contributed by atoms with van der Waals surface area (Å²) in [5, 5.41) is 8.54. The molecule has 0 aromatic rings. The Hall–Kier alpha value is -0.870. The van der Waals surface area contributed by atoms with Crippen LogP contribution in [0.3, 0.4) is 0 Å². The van der Waals surface area contributed by atoms with E-state index in [1.807, 2.05) is 6.08 Å². The highest BCUT2D eigenvalue weighted by Gasteiger charge is 2.19. The molecule has 15 heavy (non-hydrogen) atoms. The molecule has 1 aliphatic heterocycles. The Morgan fingerprint density at radius 2 is 1.93 bits per heavy atom. The van der Waals surface area contributed by atoms with Crippen molar-refractivity contribution >= 4 is 5.97 Å². The van der Waals surface area contributed by atoms with Gasteiger partial charge in [0.2, 0.25) is 0 Å². The van der Waals surface area contributed by atoms with E-state index in [0.717, 1.165) is 12.8 Å². The van der Waals surface area contributed by atoms with Gasteiger partial charge in [-0.1, -0.05) is 38.3 Å². The van der Waals surface area contributed by atoms with E-state index in [2.05, 4.69) is 6.92 Å². The summed E-state index contributed by atoms with van der Waals surface area (Å²) < 4.78 is 0. The number of carbonyl (C=O) groups is 1. The van der Waals surface area contributed by atoms with Gasteiger partial charge in [-0.25, -0.2) is 9.78 Å². The highest BCUT2D eigenvalue weighted by Crippen LogP contribution is 2.16. The molecule has 0 radical (unpaired) electrons. The van der Waals surface area contributed by atoms with E-state index in [-0.39, 0.29) is 12.5 Å². The SMILES string of the molecule is CCCCC[C@H]1C=C[C@@H](CC(=O)O)OO1. The number of carboxylic acids is 1. The maximum atomic E-state index is 10.4. The first-order chi connectivity index (χ1) is 7.22. The largest absolute Gasteiger partial charge is 0.481 e. The predicted molar refractivity (Wildman–Crippen MR) is 55.3 cm³/mol. The molecule has 1 aliphatic rings. The quantitative estimate of drug-likeness (QED) is 0.418. The molecule has 4 nitrogen and oxygen atoms in total. The second kappa shape index (κ2) is 6.58. The van der Waals surface area contributed by atoms with Crippen LogP contribution in [0, 0.1) is 0 Å². The first-order valence-corrected chi connectivity index (χ1v) is 5.44. The maximum Gasteiger partial charge on any atom is 0.306 e. The van der Waals surface area contributed by atoms with E-state index in [0.29, 0.717) is 0 Å². The van der Waals surface area contributed by atoms with Crippen LogP contribution in [0.25, 0.3) is 0 Å². The second-order valence-corrected chi connectivity index (χ2v) is 3.75. The Morgan fingerprint density at radius 1 is 1.27 bits per heavy atom. The van der Waals surface area contributed by atoms with Crippen LogP contribution in [0.4, 0.5) is 0 Å². The van der Waals surface area contributed by atoms with Crippen molar-refractivity contribution in [2.75, 3.05) is 0 Å². The van der Waals surface area contributed by atoms with Gasteiger partial charge in [-0.3, -0.25) is 4.79 Å². The first-order valence-electron chi connectivity index (χ1n) is 5.44. The molecule has 2 atom stereocenters. The van der Waals surface area contributed by atoms with Gasteiger partial charge in [0.15, 0.2) is 0 Å². The van der Waals surface area contributed by atoms with Crippen LogP contribution in [0.1, 0.15) is 39.0 Å². The van der Waals surface area contributed by atoms with Gasteiger partial charge in [0.25, 0.3) is 0 Å². The normalized spacial score (nSPS) is 25.4. The topological polar surface area (TPSA) is 55.8 Å². The minimum atomic E-state index is -0.877. The van der Waals surface area contributed by atoms with E-state index in [4.69, 9.17) is 14.9 Å². The summed E-state index contributed by atoms with van der Waals surface area (Å²) in [6.07, 6.45) is 7.58. The van der Waals surface area contributed by atoms with E-state index in [1.54, 1.807) is 6.08 Å². The summed E-state index contributed by atoms with van der Waals surface area (Å²) in [5.74, 6) is -0.877. The number of carboxylic acid groups (broad SMARTS) is 1. The van der Waals surface area contributed by atoms with Crippen LogP contribution < -0.4 is 0 Å². The minimum absolute atomic E-state index is 0.0124. The van der Waals surface area contributed by atoms with Gasteiger partial charge >= 0.3 is 5.97 Å². The number of hydrogen-bond donors (Lipinski definition) is 1. The fraction of sp³-hybridized carbons (Fsp3) is 0.727. The lowest BCUT2D eigenvalue weighted by Crippen LogP contribution is -2.24. The van der Waals surface area contributed by atoms with Crippen molar-refractivity contribution in [2.45, 2.75) is 51.2 Å². The molecule has 0 aromatic carbocycles. The lowest BCUT2D eigenvalue weighted by molar-refractivity contribution is -0.340. The lowest BCUT2D eigenvalue weighted by atomic mass is 10.1. The van der Waals surface area contributed by atoms with Gasteiger partial charge < -0.3 is 5.11 Å². The van der Waals surface area contributed by atoms with Crippen LogP contribution in [-0.4, -0.2) is 23.3 Å². The van der Waals surface area contributed by atoms with Crippen LogP contribution in [0.5, 0.6) is 0 Å². The average Bonchev–Trinajstić information content (AvgIpc) is 2.20. The van der Waals surface area contributed by atoms with Gasteiger partial charge in [-0.15, -0.1) is 0 Å². The zero-order valence-electron chi connectivity index (χ0n) is 9.02. The fourth-order valence-electron chi connectivity index (χ4n) is 1.47. The summed E-state index contributed by atoms with van der Waals surface area (Å²) in [4.78, 5) is 20.4. The van der Waals surface area contributed by atoms with Crippen LogP contribution in [0.15, 0.2) is 12.2 Å². The molecule has 0 saturated carbocycles. The van der Waals surface area contributed by atoms with E-state index >= 15 is 0 Å². The smallest absolute Gasteiger partial charge is 0.306 e. The molecule has 0 fully saturated rings. The van der Waals surface area contributed by atoms with Crippen molar-refractivity contribution in [2.24, 2.45) is 0 Å². The van der Waals surface area contributed by atoms with Gasteiger partial charge in [0.1, 0.15) is 12.2 Å². The third-order valence-electron chi connectivity index (χ3n) is 2.31. The van der Waals surface area contributed by atoms with Crippen LogP contribution >= 0.6 is 0 Å². The van der Waals surface area contributed by atoms with E-state index in [9.17, 15) is 4.79 Å². The maximum absolute atomic E-state index is 10.4. The molecule has 0 saturated heterocycles. The monoisotopic (exact) mass is 214 g/mol. The second-order valence-electron chi connectivity index (χ2n) is 3.75. The Bertz CT molecular complexity index is 225. The summed E-state index contributed by atoms with van der Waals surface area (Å²) in [6, 6.07) is 0. The summed E-state index contributed by atoms with van der Waals surface area (Å²) in [6.45, 7) is 2.15. The van der Waals surface area contributed by atoms with Crippen molar-refractivity contribution in [1.82, 2.24) is 0 Å². The van der Waals surface area contributed by atoms with Crippen LogP contribution in [-0.2, 0) is 14.6 Å². The number of rotatable bonds is 6. The summed E-state index contributed by atoms with van der Waals surface area (Å²) >= 11 is 0. The molecule has 0 aliphatic carbocycles. The van der Waals surface area contributed by atoms with Crippen molar-refractivity contribution in [3.63, 3.8) is 0 Å². The Morgan fingerprint density at radius 3 is 2.47 bits per heavy atom. The Labute approximate surface area is 89.8 Å². The zero-order chi connectivity index (χ0) is 11.1. The number of hydrogen-bond acceptors (Lipinski definition) is 3. The predicted octanol–water partition coefficient (Wildman–Crippen LogP) is 2.30. The van der Waals surface area contributed by atoms with Crippen LogP contribution in [0.2, 0.25) is 0 Å². The molecule has 1 rings (SSSR count). The highest BCUT2D eigenvalue weighted by atomic mass is 17.2. The third-order valence-corrected chi connectivity index (χ3v) is 2.31. The first kappa shape index (κ1) is 12.2. The molecule has 1 heterocycles.